The van der Waals surface area contributed by atoms with Gasteiger partial charge in [-0.25, -0.2) is 0 Å². The lowest BCUT2D eigenvalue weighted by Crippen LogP contribution is -2.42. The molecule has 3 nitrogen and oxygen atoms in total. The molecule has 13 heavy (non-hydrogen) atoms. The van der Waals surface area contributed by atoms with E-state index in [1.54, 1.807) is 18.7 Å². The highest BCUT2D eigenvalue weighted by molar-refractivity contribution is 7.98. The van der Waals surface area contributed by atoms with Crippen LogP contribution in [-0.2, 0) is 4.79 Å². The summed E-state index contributed by atoms with van der Waals surface area (Å²) in [6, 6.07) is 0. The van der Waals surface area contributed by atoms with Crippen LogP contribution in [0.4, 0.5) is 0 Å². The Morgan fingerprint density at radius 2 is 2.23 bits per heavy atom. The van der Waals surface area contributed by atoms with Crippen LogP contribution in [0.25, 0.3) is 0 Å². The lowest BCUT2D eigenvalue weighted by molar-refractivity contribution is -0.122. The number of aliphatic hydroxyl groups is 1. The maximum absolute atomic E-state index is 11.1. The number of rotatable bonds is 6. The van der Waals surface area contributed by atoms with Crippen molar-refractivity contribution in [3.63, 3.8) is 0 Å². The van der Waals surface area contributed by atoms with E-state index in [0.717, 1.165) is 6.42 Å². The Balaban J connectivity index is 3.67. The summed E-state index contributed by atoms with van der Waals surface area (Å²) in [5.41, 5.74) is -0.789. The van der Waals surface area contributed by atoms with Crippen LogP contribution in [0.2, 0.25) is 0 Å². The third-order valence-electron chi connectivity index (χ3n) is 1.60. The first-order valence-electron chi connectivity index (χ1n) is 4.50. The Morgan fingerprint density at radius 3 is 2.69 bits per heavy atom. The summed E-state index contributed by atoms with van der Waals surface area (Å²) in [4.78, 5) is 11.1. The van der Waals surface area contributed by atoms with Gasteiger partial charge in [-0.05, 0) is 19.6 Å². The first-order chi connectivity index (χ1) is 6.02. The van der Waals surface area contributed by atoms with Crippen LogP contribution in [-0.4, -0.2) is 35.2 Å². The second-order valence-electron chi connectivity index (χ2n) is 3.46. The smallest absolute Gasteiger partial charge is 0.220 e. The van der Waals surface area contributed by atoms with Gasteiger partial charge >= 0.3 is 0 Å². The lowest BCUT2D eigenvalue weighted by atomic mass is 10.1. The molecule has 0 aliphatic rings. The van der Waals surface area contributed by atoms with Crippen molar-refractivity contribution in [2.24, 2.45) is 0 Å². The van der Waals surface area contributed by atoms with Crippen LogP contribution < -0.4 is 5.32 Å². The van der Waals surface area contributed by atoms with Crippen LogP contribution in [0.15, 0.2) is 0 Å². The van der Waals surface area contributed by atoms with E-state index in [4.69, 9.17) is 0 Å². The van der Waals surface area contributed by atoms with Gasteiger partial charge in [0.05, 0.1) is 5.60 Å². The predicted octanol–water partition coefficient (Wildman–Crippen LogP) is 1.02. The van der Waals surface area contributed by atoms with Crippen LogP contribution in [0, 0.1) is 0 Å². The zero-order chi connectivity index (χ0) is 10.3. The zero-order valence-corrected chi connectivity index (χ0v) is 9.41. The Hall–Kier alpha value is -0.220. The average Bonchev–Trinajstić information content (AvgIpc) is 2.02. The fourth-order valence-corrected chi connectivity index (χ4v) is 1.69. The van der Waals surface area contributed by atoms with E-state index in [1.165, 1.54) is 0 Å². The number of nitrogens with one attached hydrogen (secondary N) is 1. The third-order valence-corrected chi connectivity index (χ3v) is 2.51. The molecule has 78 valence electrons. The van der Waals surface area contributed by atoms with Gasteiger partial charge in [0, 0.05) is 18.7 Å². The van der Waals surface area contributed by atoms with Crippen LogP contribution in [0.1, 0.15) is 26.7 Å². The highest BCUT2D eigenvalue weighted by Crippen LogP contribution is 2.08. The maximum Gasteiger partial charge on any atom is 0.220 e. The van der Waals surface area contributed by atoms with Crippen molar-refractivity contribution in [3.8, 4) is 0 Å². The quantitative estimate of drug-likeness (QED) is 0.680. The van der Waals surface area contributed by atoms with E-state index in [9.17, 15) is 9.90 Å². The summed E-state index contributed by atoms with van der Waals surface area (Å²) < 4.78 is 0. The molecule has 0 heterocycles. The van der Waals surface area contributed by atoms with Gasteiger partial charge in [0.2, 0.25) is 5.91 Å². The van der Waals surface area contributed by atoms with E-state index in [-0.39, 0.29) is 5.91 Å². The first kappa shape index (κ1) is 12.8. The summed E-state index contributed by atoms with van der Waals surface area (Å²) in [6.07, 6.45) is 3.31. The Kier molecular flexibility index (Phi) is 6.16. The topological polar surface area (TPSA) is 49.3 Å². The van der Waals surface area contributed by atoms with Gasteiger partial charge in [-0.1, -0.05) is 6.92 Å². The molecule has 0 saturated heterocycles. The van der Waals surface area contributed by atoms with Gasteiger partial charge in [-0.15, -0.1) is 0 Å². The molecule has 1 unspecified atom stereocenters. The van der Waals surface area contributed by atoms with Crippen molar-refractivity contribution in [2.45, 2.75) is 32.3 Å². The fourth-order valence-electron chi connectivity index (χ4n) is 0.966. The van der Waals surface area contributed by atoms with Crippen molar-refractivity contribution < 1.29 is 9.90 Å². The second kappa shape index (κ2) is 6.27. The molecule has 0 fully saturated rings. The van der Waals surface area contributed by atoms with Crippen molar-refractivity contribution in [3.05, 3.63) is 0 Å². The molecule has 1 atom stereocenters. The van der Waals surface area contributed by atoms with Gasteiger partial charge in [0.15, 0.2) is 0 Å². The molecular weight excluding hydrogens is 186 g/mol. The fraction of sp³-hybridized carbons (Fsp3) is 0.889. The molecule has 0 aliphatic carbocycles. The van der Waals surface area contributed by atoms with E-state index in [2.05, 4.69) is 5.32 Å². The number of carbonyl (C=O) groups is 1. The van der Waals surface area contributed by atoms with E-state index in [0.29, 0.717) is 18.7 Å². The predicted molar refractivity (Wildman–Crippen MR) is 56.9 cm³/mol. The first-order valence-corrected chi connectivity index (χ1v) is 5.89. The molecule has 0 aromatic heterocycles. The summed E-state index contributed by atoms with van der Waals surface area (Å²) in [5.74, 6) is 0.656. The minimum atomic E-state index is -0.789. The van der Waals surface area contributed by atoms with Gasteiger partial charge in [-0.3, -0.25) is 4.79 Å². The molecule has 0 saturated carbocycles. The molecule has 0 rings (SSSR count). The lowest BCUT2D eigenvalue weighted by Gasteiger charge is -2.22. The molecule has 0 aliphatic heterocycles. The molecule has 0 bridgehead atoms. The Labute approximate surface area is 84.3 Å². The number of hydrogen-bond donors (Lipinski definition) is 2. The number of thioether (sulfide) groups is 1. The van der Waals surface area contributed by atoms with Crippen LogP contribution in [0.5, 0.6) is 0 Å². The SMILES string of the molecule is CCCC(=O)NCC(C)(O)CSC. The van der Waals surface area contributed by atoms with Crippen molar-refractivity contribution >= 4 is 17.7 Å². The second-order valence-corrected chi connectivity index (χ2v) is 4.32. The minimum absolute atomic E-state index is 0.0175. The molecule has 0 aromatic rings. The third kappa shape index (κ3) is 6.90. The van der Waals surface area contributed by atoms with Gasteiger partial charge in [-0.2, -0.15) is 11.8 Å². The zero-order valence-electron chi connectivity index (χ0n) is 8.59. The van der Waals surface area contributed by atoms with E-state index < -0.39 is 5.60 Å². The molecule has 4 heteroatoms. The normalized spacial score (nSPS) is 15.1. The number of hydrogen-bond acceptors (Lipinski definition) is 3. The minimum Gasteiger partial charge on any atom is -0.387 e. The number of carbonyl (C=O) groups excluding carboxylic acids is 1. The summed E-state index contributed by atoms with van der Waals surface area (Å²) in [7, 11) is 0. The van der Waals surface area contributed by atoms with Gasteiger partial charge < -0.3 is 10.4 Å². The summed E-state index contributed by atoms with van der Waals surface area (Å²) in [6.45, 7) is 4.03. The monoisotopic (exact) mass is 205 g/mol. The molecule has 0 radical (unpaired) electrons. The maximum atomic E-state index is 11.1. The van der Waals surface area contributed by atoms with Gasteiger partial charge in [0.25, 0.3) is 0 Å². The van der Waals surface area contributed by atoms with Crippen LogP contribution >= 0.6 is 11.8 Å². The molecule has 0 aromatic carbocycles. The summed E-state index contributed by atoms with van der Waals surface area (Å²) >= 11 is 1.57. The average molecular weight is 205 g/mol. The highest BCUT2D eigenvalue weighted by atomic mass is 32.2. The molecule has 2 N–H and O–H groups in total. The Bertz CT molecular complexity index is 160. The van der Waals surface area contributed by atoms with Gasteiger partial charge in [0.1, 0.15) is 0 Å². The Morgan fingerprint density at radius 1 is 1.62 bits per heavy atom. The summed E-state index contributed by atoms with van der Waals surface area (Å²) in [5, 5.41) is 12.4. The highest BCUT2D eigenvalue weighted by Gasteiger charge is 2.19. The van der Waals surface area contributed by atoms with Crippen molar-refractivity contribution in [1.82, 2.24) is 5.32 Å². The van der Waals surface area contributed by atoms with E-state index >= 15 is 0 Å². The largest absolute Gasteiger partial charge is 0.387 e. The van der Waals surface area contributed by atoms with Crippen LogP contribution in [0.3, 0.4) is 0 Å². The van der Waals surface area contributed by atoms with Crippen molar-refractivity contribution in [1.29, 1.82) is 0 Å². The molecule has 1 amide bonds. The molecule has 0 spiro atoms. The number of amides is 1. The van der Waals surface area contributed by atoms with E-state index in [1.807, 2.05) is 13.2 Å². The van der Waals surface area contributed by atoms with Crippen molar-refractivity contribution in [2.75, 3.05) is 18.6 Å². The molecular formula is C9H19NO2S. The standard InChI is InChI=1S/C9H19NO2S/c1-4-5-8(11)10-6-9(2,12)7-13-3/h12H,4-7H2,1-3H3,(H,10,11).